The summed E-state index contributed by atoms with van der Waals surface area (Å²) >= 11 is 1.54. The molecule has 0 aliphatic heterocycles. The Kier molecular flexibility index (Phi) is 6.85. The molecule has 0 saturated carbocycles. The molecule has 124 valence electrons. The molecule has 1 aliphatic carbocycles. The van der Waals surface area contributed by atoms with Crippen molar-refractivity contribution in [3.8, 4) is 0 Å². The number of unbranched alkanes of at least 4 members (excludes halogenated alkanes) is 1. The van der Waals surface area contributed by atoms with Crippen LogP contribution in [-0.4, -0.2) is 30.4 Å². The molecule has 0 N–H and O–H groups in total. The van der Waals surface area contributed by atoms with Gasteiger partial charge in [-0.25, -0.2) is 0 Å². The quantitative estimate of drug-likeness (QED) is 0.407. The number of methoxy groups -OCH3 is 1. The molecule has 0 amide bonds. The van der Waals surface area contributed by atoms with Crippen molar-refractivity contribution in [3.05, 3.63) is 10.5 Å². The van der Waals surface area contributed by atoms with Gasteiger partial charge in [-0.2, -0.15) is 0 Å². The van der Waals surface area contributed by atoms with Crippen molar-refractivity contribution in [1.82, 2.24) is 0 Å². The van der Waals surface area contributed by atoms with Gasteiger partial charge in [0.25, 0.3) is 0 Å². The zero-order valence-electron chi connectivity index (χ0n) is 14.2. The van der Waals surface area contributed by atoms with Gasteiger partial charge in [0.15, 0.2) is 11.6 Å². The molecule has 4 nitrogen and oxygen atoms in total. The normalized spacial score (nSPS) is 21.0. The van der Waals surface area contributed by atoms with Crippen LogP contribution in [0.4, 0.5) is 0 Å². The molecule has 1 rings (SSSR count). The molecule has 0 aromatic heterocycles. The fourth-order valence-corrected chi connectivity index (χ4v) is 4.02. The minimum atomic E-state index is -0.890. The lowest BCUT2D eigenvalue weighted by Crippen LogP contribution is -2.43. The third-order valence-corrected chi connectivity index (χ3v) is 4.96. The molecule has 22 heavy (non-hydrogen) atoms. The number of carbonyl (C=O) groups is 3. The molecule has 1 atom stereocenters. The number of hydrogen-bond acceptors (Lipinski definition) is 5. The first-order valence-corrected chi connectivity index (χ1v) is 8.79. The van der Waals surface area contributed by atoms with Crippen molar-refractivity contribution in [2.75, 3.05) is 12.9 Å². The Morgan fingerprint density at radius 1 is 1.32 bits per heavy atom. The molecule has 5 heteroatoms. The summed E-state index contributed by atoms with van der Waals surface area (Å²) in [6.45, 7) is 7.77. The van der Waals surface area contributed by atoms with Gasteiger partial charge in [-0.3, -0.25) is 14.4 Å². The molecule has 0 heterocycles. The fraction of sp³-hybridized carbons (Fsp3) is 0.706. The van der Waals surface area contributed by atoms with E-state index in [2.05, 4.69) is 0 Å². The summed E-state index contributed by atoms with van der Waals surface area (Å²) in [4.78, 5) is 38.2. The zero-order valence-corrected chi connectivity index (χ0v) is 15.0. The summed E-state index contributed by atoms with van der Waals surface area (Å²) < 4.78 is 4.80. The Bertz CT molecular complexity index is 491. The number of allylic oxidation sites excluding steroid dienone is 2. The molecule has 1 aliphatic rings. The van der Waals surface area contributed by atoms with E-state index in [1.807, 2.05) is 27.7 Å². The van der Waals surface area contributed by atoms with E-state index in [-0.39, 0.29) is 17.1 Å². The van der Waals surface area contributed by atoms with Crippen molar-refractivity contribution in [1.29, 1.82) is 0 Å². The molecule has 0 spiro atoms. The number of hydrogen-bond donors (Lipinski definition) is 0. The first kappa shape index (κ1) is 18.9. The van der Waals surface area contributed by atoms with Crippen LogP contribution < -0.4 is 0 Å². The average Bonchev–Trinajstić information content (AvgIpc) is 2.43. The van der Waals surface area contributed by atoms with Crippen LogP contribution in [-0.2, 0) is 19.1 Å². The third-order valence-electron chi connectivity index (χ3n) is 3.98. The maximum Gasteiger partial charge on any atom is 0.317 e. The van der Waals surface area contributed by atoms with E-state index >= 15 is 0 Å². The maximum absolute atomic E-state index is 12.8. The van der Waals surface area contributed by atoms with Gasteiger partial charge in [-0.1, -0.05) is 34.1 Å². The molecule has 0 radical (unpaired) electrons. The van der Waals surface area contributed by atoms with Crippen molar-refractivity contribution >= 4 is 29.3 Å². The van der Waals surface area contributed by atoms with E-state index in [1.165, 1.54) is 18.9 Å². The van der Waals surface area contributed by atoms with Gasteiger partial charge < -0.3 is 4.74 Å². The summed E-state index contributed by atoms with van der Waals surface area (Å²) in [6, 6.07) is 0. The number of rotatable bonds is 7. The highest BCUT2D eigenvalue weighted by Crippen LogP contribution is 2.46. The molecular weight excluding hydrogens is 300 g/mol. The topological polar surface area (TPSA) is 60.4 Å². The number of thioether (sulfide) groups is 1. The van der Waals surface area contributed by atoms with E-state index in [0.717, 1.165) is 23.5 Å². The molecular formula is C17H26O4S. The molecule has 0 bridgehead atoms. The van der Waals surface area contributed by atoms with Gasteiger partial charge in [0, 0.05) is 6.42 Å². The molecule has 0 saturated heterocycles. The second-order valence-electron chi connectivity index (χ2n) is 6.24. The van der Waals surface area contributed by atoms with E-state index in [9.17, 15) is 14.4 Å². The molecule has 0 fully saturated rings. The predicted molar refractivity (Wildman–Crippen MR) is 88.6 cm³/mol. The molecule has 0 aromatic rings. The summed E-state index contributed by atoms with van der Waals surface area (Å²) in [6.07, 6.45) is 2.57. The number of esters is 1. The van der Waals surface area contributed by atoms with Crippen LogP contribution >= 0.6 is 11.8 Å². The lowest BCUT2D eigenvalue weighted by Gasteiger charge is -2.37. The summed E-state index contributed by atoms with van der Waals surface area (Å²) in [7, 11) is 1.28. The van der Waals surface area contributed by atoms with E-state index in [1.54, 1.807) is 0 Å². The van der Waals surface area contributed by atoms with E-state index < -0.39 is 17.3 Å². The average molecular weight is 326 g/mol. The third kappa shape index (κ3) is 4.00. The highest BCUT2D eigenvalue weighted by molar-refractivity contribution is 8.03. The monoisotopic (exact) mass is 326 g/mol. The summed E-state index contributed by atoms with van der Waals surface area (Å²) in [5.41, 5.74) is -0.286. The Morgan fingerprint density at radius 2 is 1.95 bits per heavy atom. The van der Waals surface area contributed by atoms with Crippen LogP contribution in [0.25, 0.3) is 0 Å². The standard InChI is InChI=1S/C17H26O4S/c1-6-8-9-11(18)13-12(22-7-2)10-17(3,4)14(15(13)19)16(20)21-5/h14H,6-10H2,1-5H3/t14-/m0/s1. The van der Waals surface area contributed by atoms with Gasteiger partial charge in [0.2, 0.25) is 0 Å². The van der Waals surface area contributed by atoms with Crippen LogP contribution in [0, 0.1) is 11.3 Å². The predicted octanol–water partition coefficient (Wildman–Crippen LogP) is 3.54. The van der Waals surface area contributed by atoms with Gasteiger partial charge in [0.05, 0.1) is 12.7 Å². The van der Waals surface area contributed by atoms with Gasteiger partial charge >= 0.3 is 5.97 Å². The lowest BCUT2D eigenvalue weighted by atomic mass is 9.67. The highest BCUT2D eigenvalue weighted by atomic mass is 32.2. The number of Topliss-reactive ketones (excluding diaryl/α,β-unsaturated/α-hetero) is 2. The first-order chi connectivity index (χ1) is 10.3. The second-order valence-corrected chi connectivity index (χ2v) is 7.60. The van der Waals surface area contributed by atoms with Crippen LogP contribution in [0.2, 0.25) is 0 Å². The van der Waals surface area contributed by atoms with Crippen LogP contribution in [0.5, 0.6) is 0 Å². The van der Waals surface area contributed by atoms with Crippen molar-refractivity contribution in [3.63, 3.8) is 0 Å². The number of ketones is 2. The maximum atomic E-state index is 12.8. The number of ether oxygens (including phenoxy) is 1. The first-order valence-electron chi connectivity index (χ1n) is 7.81. The van der Waals surface area contributed by atoms with Crippen LogP contribution in [0.15, 0.2) is 10.5 Å². The Balaban J connectivity index is 3.28. The van der Waals surface area contributed by atoms with Gasteiger partial charge in [-0.05, 0) is 28.9 Å². The molecule has 0 aromatic carbocycles. The Hall–Kier alpha value is -1.10. The Labute approximate surface area is 137 Å². The Morgan fingerprint density at radius 3 is 2.45 bits per heavy atom. The van der Waals surface area contributed by atoms with Crippen LogP contribution in [0.3, 0.4) is 0 Å². The molecule has 0 unspecified atom stereocenters. The van der Waals surface area contributed by atoms with Crippen LogP contribution in [0.1, 0.15) is 53.4 Å². The van der Waals surface area contributed by atoms with Gasteiger partial charge in [0.1, 0.15) is 5.92 Å². The van der Waals surface area contributed by atoms with Crippen molar-refractivity contribution < 1.29 is 19.1 Å². The zero-order chi connectivity index (χ0) is 16.9. The lowest BCUT2D eigenvalue weighted by molar-refractivity contribution is -0.153. The SMILES string of the molecule is CCCCC(=O)C1=C(SCC)CC(C)(C)[C@H](C(=O)OC)C1=O. The van der Waals surface area contributed by atoms with Gasteiger partial charge in [-0.15, -0.1) is 11.8 Å². The smallest absolute Gasteiger partial charge is 0.317 e. The summed E-state index contributed by atoms with van der Waals surface area (Å²) in [5.74, 6) is -1.13. The van der Waals surface area contributed by atoms with Crippen molar-refractivity contribution in [2.24, 2.45) is 11.3 Å². The number of carbonyl (C=O) groups excluding carboxylic acids is 3. The fourth-order valence-electron chi connectivity index (χ4n) is 2.84. The van der Waals surface area contributed by atoms with Crippen molar-refractivity contribution in [2.45, 2.75) is 53.4 Å². The highest BCUT2D eigenvalue weighted by Gasteiger charge is 2.48. The largest absolute Gasteiger partial charge is 0.468 e. The van der Waals surface area contributed by atoms with E-state index in [4.69, 9.17) is 4.74 Å². The minimum Gasteiger partial charge on any atom is -0.468 e. The second kappa shape index (κ2) is 7.95. The van der Waals surface area contributed by atoms with E-state index in [0.29, 0.717) is 12.8 Å². The minimum absolute atomic E-state index is 0.132. The summed E-state index contributed by atoms with van der Waals surface area (Å²) in [5, 5.41) is 0.